The third kappa shape index (κ3) is 15.8. The zero-order chi connectivity index (χ0) is 33.7. The van der Waals surface area contributed by atoms with Gasteiger partial charge >= 0.3 is 121 Å². The normalized spacial score (nSPS) is 11.8. The third-order valence-electron chi connectivity index (χ3n) is 6.38. The van der Waals surface area contributed by atoms with Gasteiger partial charge < -0.3 is 20.8 Å². The Balaban J connectivity index is 0.000000641. The number of nitrogens with zero attached hydrogens (tertiary/aromatic N) is 5. The van der Waals surface area contributed by atoms with Crippen molar-refractivity contribution >= 4 is 53.3 Å². The van der Waals surface area contributed by atoms with Gasteiger partial charge in [-0.1, -0.05) is 41.4 Å². The van der Waals surface area contributed by atoms with Crippen LogP contribution in [0.1, 0.15) is 54.0 Å². The molecule has 2 radical (unpaired) electrons. The zero-order valence-corrected chi connectivity index (χ0v) is 31.2. The topological polar surface area (TPSA) is 143 Å². The zero-order valence-electron chi connectivity index (χ0n) is 27.3. The first-order valence-electron chi connectivity index (χ1n) is 14.2. The number of pyridine rings is 1. The van der Waals surface area contributed by atoms with Crippen molar-refractivity contribution in [3.63, 3.8) is 0 Å². The molecule has 4 N–H and O–H groups in total. The maximum absolute atomic E-state index is 8.03. The summed E-state index contributed by atoms with van der Waals surface area (Å²) in [4.78, 5) is 3.96. The minimum absolute atomic E-state index is 0. The van der Waals surface area contributed by atoms with Gasteiger partial charge in [-0.3, -0.25) is 4.98 Å². The quantitative estimate of drug-likeness (QED) is 0.0858. The molecule has 0 fully saturated rings. The van der Waals surface area contributed by atoms with E-state index < -0.39 is 19.8 Å². The molecule has 0 aliphatic rings. The fraction of sp³-hybridized carbons (Fsp3) is 0.229. The van der Waals surface area contributed by atoms with E-state index >= 15 is 0 Å². The summed E-state index contributed by atoms with van der Waals surface area (Å²) in [6.07, 6.45) is 3.67. The van der Waals surface area contributed by atoms with Gasteiger partial charge in [0.05, 0.1) is 0 Å². The van der Waals surface area contributed by atoms with Crippen molar-refractivity contribution in [2.24, 2.45) is 20.6 Å². The predicted octanol–water partition coefficient (Wildman–Crippen LogP) is 5.95. The third-order valence-corrected chi connectivity index (χ3v) is 14.2. The number of hydrogen-bond acceptors (Lipinski definition) is 9. The van der Waals surface area contributed by atoms with E-state index in [1.54, 1.807) is 0 Å². The Morgan fingerprint density at radius 1 is 0.500 bits per heavy atom. The molecule has 246 valence electrons. The first-order valence-corrected chi connectivity index (χ1v) is 18.5. The first kappa shape index (κ1) is 42.0. The first-order chi connectivity index (χ1) is 21.5. The number of aromatic nitrogens is 1. The van der Waals surface area contributed by atoms with Gasteiger partial charge in [-0.05, 0) is 50.8 Å². The van der Waals surface area contributed by atoms with E-state index in [1.165, 1.54) is 44.0 Å². The van der Waals surface area contributed by atoms with Crippen LogP contribution < -0.4 is 10.7 Å². The SMILES string of the molecule is CC(=N\O)/C(C)=N/O.CC(=N\O)/C(C)=N/O.CC(C)(C)c1ccncc1.[Co].c1cc[c]([Sn]([c]2ccccc2)[c]2ccccc2)cc1. The van der Waals surface area contributed by atoms with Gasteiger partial charge in [0.15, 0.2) is 0 Å². The standard InChI is InChI=1S/C9H13N.3C6H5.2C4H8N2O2.Co.Sn/c1-9(2,3)8-4-6-10-7-5-8;3*1-2-4-6-5-3-1;2*1-3(5-7)4(2)6-8;;/h4-7H,1-3H3;3*1-5H;2*7-8H,1-2H3;;/b;;;;2*5-3+,6-4+;;. The molecule has 4 aromatic rings. The van der Waals surface area contributed by atoms with E-state index in [9.17, 15) is 0 Å². The molecule has 0 saturated carbocycles. The van der Waals surface area contributed by atoms with Gasteiger partial charge in [0.25, 0.3) is 0 Å². The van der Waals surface area contributed by atoms with Crippen LogP contribution >= 0.6 is 0 Å². The van der Waals surface area contributed by atoms with E-state index in [-0.39, 0.29) is 22.2 Å². The van der Waals surface area contributed by atoms with Crippen LogP contribution in [0.5, 0.6) is 0 Å². The molecule has 0 atom stereocenters. The molecule has 11 heteroatoms. The van der Waals surface area contributed by atoms with Crippen LogP contribution in [-0.2, 0) is 22.2 Å². The second-order valence-electron chi connectivity index (χ2n) is 10.7. The van der Waals surface area contributed by atoms with Crippen LogP contribution in [0.25, 0.3) is 0 Å². The molecule has 46 heavy (non-hydrogen) atoms. The van der Waals surface area contributed by atoms with Gasteiger partial charge in [0, 0.05) is 29.2 Å². The summed E-state index contributed by atoms with van der Waals surface area (Å²) >= 11 is -1.98. The molecule has 1 heterocycles. The number of oxime groups is 4. The fourth-order valence-corrected chi connectivity index (χ4v) is 10.8. The predicted molar refractivity (Wildman–Crippen MR) is 187 cm³/mol. The van der Waals surface area contributed by atoms with Gasteiger partial charge in [-0.25, -0.2) is 0 Å². The molecule has 9 nitrogen and oxygen atoms in total. The Morgan fingerprint density at radius 2 is 0.761 bits per heavy atom. The second kappa shape index (κ2) is 23.3. The van der Waals surface area contributed by atoms with Crippen LogP contribution in [0.15, 0.2) is 136 Å². The maximum atomic E-state index is 8.03. The summed E-state index contributed by atoms with van der Waals surface area (Å²) in [5, 5.41) is 43.3. The van der Waals surface area contributed by atoms with Crippen LogP contribution in [0.3, 0.4) is 0 Å². The molecule has 3 aromatic carbocycles. The molecule has 0 bridgehead atoms. The summed E-state index contributed by atoms with van der Waals surface area (Å²) < 4.78 is 4.59. The Hall–Kier alpha value is -4.00. The summed E-state index contributed by atoms with van der Waals surface area (Å²) in [5.74, 6) is 0. The molecule has 0 unspecified atom stereocenters. The Kier molecular flexibility index (Phi) is 21.3. The average Bonchev–Trinajstić information content (AvgIpc) is 3.09. The summed E-state index contributed by atoms with van der Waals surface area (Å²) in [6, 6.07) is 37.0. The Labute approximate surface area is 290 Å². The molecule has 1 aromatic heterocycles. The average molecular weight is 776 g/mol. The van der Waals surface area contributed by atoms with Crippen molar-refractivity contribution in [2.75, 3.05) is 0 Å². The van der Waals surface area contributed by atoms with Crippen molar-refractivity contribution in [3.05, 3.63) is 121 Å². The van der Waals surface area contributed by atoms with Gasteiger partial charge in [-0.15, -0.1) is 0 Å². The molecular weight excluding hydrogens is 732 g/mol. The molecule has 0 amide bonds. The van der Waals surface area contributed by atoms with Crippen molar-refractivity contribution < 1.29 is 37.6 Å². The number of rotatable bonds is 5. The summed E-state index contributed by atoms with van der Waals surface area (Å²) in [5.41, 5.74) is 2.84. The fourth-order valence-electron chi connectivity index (χ4n) is 3.46. The molecule has 0 aliphatic heterocycles. The van der Waals surface area contributed by atoms with Crippen molar-refractivity contribution in [1.29, 1.82) is 0 Å². The van der Waals surface area contributed by atoms with Crippen molar-refractivity contribution in [1.82, 2.24) is 4.98 Å². The minimum atomic E-state index is -1.98. The number of benzene rings is 3. The van der Waals surface area contributed by atoms with Gasteiger partial charge in [0.1, 0.15) is 22.8 Å². The molecule has 0 spiro atoms. The molecule has 0 aliphatic carbocycles. The molecule has 0 saturated heterocycles. The molecule has 4 rings (SSSR count). The van der Waals surface area contributed by atoms with Gasteiger partial charge in [-0.2, -0.15) is 0 Å². The molecular formula is C35H44CoN5O4Sn. The van der Waals surface area contributed by atoms with E-state index in [1.807, 2.05) is 12.4 Å². The van der Waals surface area contributed by atoms with E-state index in [0.29, 0.717) is 22.8 Å². The van der Waals surface area contributed by atoms with Crippen molar-refractivity contribution in [3.8, 4) is 0 Å². The summed E-state index contributed by atoms with van der Waals surface area (Å²) in [7, 11) is 0. The number of hydrogen-bond donors (Lipinski definition) is 4. The van der Waals surface area contributed by atoms with Crippen LogP contribution in [0, 0.1) is 0 Å². The summed E-state index contributed by atoms with van der Waals surface area (Å²) in [6.45, 7) is 12.7. The van der Waals surface area contributed by atoms with Crippen LogP contribution in [-0.4, -0.2) is 68.4 Å². The Morgan fingerprint density at radius 3 is 0.957 bits per heavy atom. The van der Waals surface area contributed by atoms with Crippen LogP contribution in [0.4, 0.5) is 0 Å². The Bertz CT molecular complexity index is 1340. The van der Waals surface area contributed by atoms with E-state index in [0.717, 1.165) is 0 Å². The second-order valence-corrected chi connectivity index (χ2v) is 17.8. The van der Waals surface area contributed by atoms with Gasteiger partial charge in [0.2, 0.25) is 0 Å². The van der Waals surface area contributed by atoms with Crippen molar-refractivity contribution in [2.45, 2.75) is 53.9 Å². The monoisotopic (exact) mass is 777 g/mol. The van der Waals surface area contributed by atoms with E-state index in [4.69, 9.17) is 20.8 Å². The van der Waals surface area contributed by atoms with Crippen LogP contribution in [0.2, 0.25) is 0 Å². The van der Waals surface area contributed by atoms with E-state index in [2.05, 4.69) is 150 Å².